The van der Waals surface area contributed by atoms with Crippen LogP contribution in [0.15, 0.2) is 54.6 Å². The van der Waals surface area contributed by atoms with E-state index in [4.69, 9.17) is 11.6 Å². The van der Waals surface area contributed by atoms with Gasteiger partial charge in [0.1, 0.15) is 10.8 Å². The fraction of sp³-hybridized carbons (Fsp3) is 0.150. The van der Waals surface area contributed by atoms with E-state index in [0.29, 0.717) is 12.2 Å². The molecule has 2 aromatic carbocycles. The van der Waals surface area contributed by atoms with Gasteiger partial charge >= 0.3 is 0 Å². The van der Waals surface area contributed by atoms with Gasteiger partial charge in [0.2, 0.25) is 5.91 Å². The zero-order chi connectivity index (χ0) is 18.7. The summed E-state index contributed by atoms with van der Waals surface area (Å²) in [4.78, 5) is 29.9. The first kappa shape index (κ1) is 17.9. The van der Waals surface area contributed by atoms with Gasteiger partial charge in [-0.3, -0.25) is 9.59 Å². The average Bonchev–Trinajstić information content (AvgIpc) is 2.63. The summed E-state index contributed by atoms with van der Waals surface area (Å²) in [6.07, 6.45) is 0. The summed E-state index contributed by atoms with van der Waals surface area (Å²) in [6.45, 7) is 1.90. The Hall–Kier alpha value is -2.92. The van der Waals surface area contributed by atoms with Crippen molar-refractivity contribution in [3.05, 3.63) is 71.0 Å². The normalized spacial score (nSPS) is 10.6. The Kier molecular flexibility index (Phi) is 5.19. The molecule has 0 atom stereocenters. The van der Waals surface area contributed by atoms with Crippen LogP contribution >= 0.6 is 11.6 Å². The predicted molar refractivity (Wildman–Crippen MR) is 103 cm³/mol. The molecule has 6 heteroatoms. The van der Waals surface area contributed by atoms with Crippen molar-refractivity contribution >= 4 is 39.9 Å². The molecule has 0 saturated heterocycles. The number of anilines is 1. The number of hydrogen-bond donors (Lipinski definition) is 1. The summed E-state index contributed by atoms with van der Waals surface area (Å²) >= 11 is 6.21. The molecule has 0 fully saturated rings. The van der Waals surface area contributed by atoms with Crippen LogP contribution < -0.4 is 5.32 Å². The molecule has 0 saturated carbocycles. The lowest BCUT2D eigenvalue weighted by Crippen LogP contribution is -2.24. The van der Waals surface area contributed by atoms with Gasteiger partial charge in [-0.2, -0.15) is 0 Å². The Balaban J connectivity index is 1.88. The zero-order valence-corrected chi connectivity index (χ0v) is 15.2. The van der Waals surface area contributed by atoms with Gasteiger partial charge in [0, 0.05) is 31.6 Å². The number of aromatic nitrogens is 1. The molecular weight excluding hydrogens is 350 g/mol. The summed E-state index contributed by atoms with van der Waals surface area (Å²) in [5.74, 6) is -0.398. The van der Waals surface area contributed by atoms with Gasteiger partial charge in [-0.1, -0.05) is 54.1 Å². The van der Waals surface area contributed by atoms with Crippen molar-refractivity contribution < 1.29 is 9.59 Å². The number of amides is 2. The molecule has 0 radical (unpaired) electrons. The summed E-state index contributed by atoms with van der Waals surface area (Å²) < 4.78 is 0. The molecular formula is C20H18ClN3O2. The molecule has 0 aliphatic carbocycles. The monoisotopic (exact) mass is 367 g/mol. The Labute approximate surface area is 156 Å². The van der Waals surface area contributed by atoms with Crippen LogP contribution in [0.5, 0.6) is 0 Å². The van der Waals surface area contributed by atoms with Crippen LogP contribution in [0.3, 0.4) is 0 Å². The molecule has 1 N–H and O–H groups in total. The van der Waals surface area contributed by atoms with Crippen molar-refractivity contribution in [2.75, 3.05) is 12.4 Å². The van der Waals surface area contributed by atoms with E-state index in [1.807, 2.05) is 42.5 Å². The standard InChI is InChI=1S/C20H18ClN3O2/c1-13(25)24(2)12-15-8-4-6-10-17(15)23-20(26)18-11-14-7-3-5-9-16(14)19(21)22-18/h3-11H,12H2,1-2H3,(H,23,26). The number of nitrogens with one attached hydrogen (secondary N) is 1. The van der Waals surface area contributed by atoms with Crippen molar-refractivity contribution in [2.24, 2.45) is 0 Å². The largest absolute Gasteiger partial charge is 0.342 e. The second-order valence-corrected chi connectivity index (χ2v) is 6.36. The maximum atomic E-state index is 12.7. The van der Waals surface area contributed by atoms with Crippen LogP contribution in [-0.2, 0) is 11.3 Å². The SMILES string of the molecule is CC(=O)N(C)Cc1ccccc1NC(=O)c1cc2ccccc2c(Cl)n1. The van der Waals surface area contributed by atoms with E-state index >= 15 is 0 Å². The first-order valence-corrected chi connectivity index (χ1v) is 8.50. The van der Waals surface area contributed by atoms with Crippen LogP contribution in [0, 0.1) is 0 Å². The minimum Gasteiger partial charge on any atom is -0.342 e. The van der Waals surface area contributed by atoms with E-state index in [2.05, 4.69) is 10.3 Å². The van der Waals surface area contributed by atoms with Crippen molar-refractivity contribution in [3.8, 4) is 0 Å². The number of fused-ring (bicyclic) bond motifs is 1. The van der Waals surface area contributed by atoms with Crippen molar-refractivity contribution in [3.63, 3.8) is 0 Å². The highest BCUT2D eigenvalue weighted by Crippen LogP contribution is 2.23. The molecule has 5 nitrogen and oxygen atoms in total. The van der Waals surface area contributed by atoms with Crippen LogP contribution in [-0.4, -0.2) is 28.7 Å². The molecule has 1 heterocycles. The Morgan fingerprint density at radius 3 is 2.58 bits per heavy atom. The van der Waals surface area contributed by atoms with Gasteiger partial charge in [0.15, 0.2) is 0 Å². The second-order valence-electron chi connectivity index (χ2n) is 6.01. The van der Waals surface area contributed by atoms with Gasteiger partial charge in [0.25, 0.3) is 5.91 Å². The molecule has 0 bridgehead atoms. The first-order chi connectivity index (χ1) is 12.5. The average molecular weight is 368 g/mol. The fourth-order valence-corrected chi connectivity index (χ4v) is 2.87. The van der Waals surface area contributed by atoms with Crippen LogP contribution in [0.4, 0.5) is 5.69 Å². The molecule has 0 unspecified atom stereocenters. The van der Waals surface area contributed by atoms with Crippen LogP contribution in [0.25, 0.3) is 10.8 Å². The minimum absolute atomic E-state index is 0.0471. The topological polar surface area (TPSA) is 62.3 Å². The predicted octanol–water partition coefficient (Wildman–Crippen LogP) is 4.12. The Bertz CT molecular complexity index is 988. The van der Waals surface area contributed by atoms with Gasteiger partial charge in [-0.15, -0.1) is 0 Å². The van der Waals surface area contributed by atoms with E-state index in [1.165, 1.54) is 6.92 Å². The maximum absolute atomic E-state index is 12.7. The minimum atomic E-state index is -0.351. The number of carbonyl (C=O) groups is 2. The zero-order valence-electron chi connectivity index (χ0n) is 14.5. The lowest BCUT2D eigenvalue weighted by molar-refractivity contribution is -0.128. The number of carbonyl (C=O) groups excluding carboxylic acids is 2. The highest BCUT2D eigenvalue weighted by molar-refractivity contribution is 6.34. The van der Waals surface area contributed by atoms with E-state index in [1.54, 1.807) is 24.1 Å². The van der Waals surface area contributed by atoms with E-state index in [0.717, 1.165) is 16.3 Å². The lowest BCUT2D eigenvalue weighted by Gasteiger charge is -2.18. The second kappa shape index (κ2) is 7.54. The molecule has 0 spiro atoms. The number of rotatable bonds is 4. The first-order valence-electron chi connectivity index (χ1n) is 8.12. The quantitative estimate of drug-likeness (QED) is 0.705. The highest BCUT2D eigenvalue weighted by atomic mass is 35.5. The summed E-state index contributed by atoms with van der Waals surface area (Å²) in [6, 6.07) is 16.6. The summed E-state index contributed by atoms with van der Waals surface area (Å²) in [7, 11) is 1.71. The fourth-order valence-electron chi connectivity index (χ4n) is 2.61. The van der Waals surface area contributed by atoms with Gasteiger partial charge < -0.3 is 10.2 Å². The number of pyridine rings is 1. The number of hydrogen-bond acceptors (Lipinski definition) is 3. The van der Waals surface area contributed by atoms with Gasteiger partial charge in [0.05, 0.1) is 0 Å². The van der Waals surface area contributed by atoms with Gasteiger partial charge in [-0.25, -0.2) is 4.98 Å². The summed E-state index contributed by atoms with van der Waals surface area (Å²) in [5.41, 5.74) is 1.71. The highest BCUT2D eigenvalue weighted by Gasteiger charge is 2.14. The molecule has 132 valence electrons. The van der Waals surface area contributed by atoms with E-state index in [9.17, 15) is 9.59 Å². The van der Waals surface area contributed by atoms with Crippen molar-refractivity contribution in [1.82, 2.24) is 9.88 Å². The third-order valence-corrected chi connectivity index (χ3v) is 4.43. The third-order valence-electron chi connectivity index (χ3n) is 4.14. The molecule has 0 aliphatic rings. The van der Waals surface area contributed by atoms with E-state index in [-0.39, 0.29) is 22.7 Å². The number of halogens is 1. The number of nitrogens with zero attached hydrogens (tertiary/aromatic N) is 2. The third kappa shape index (κ3) is 3.83. The molecule has 3 aromatic rings. The smallest absolute Gasteiger partial charge is 0.274 e. The Morgan fingerprint density at radius 1 is 1.12 bits per heavy atom. The van der Waals surface area contributed by atoms with Crippen molar-refractivity contribution in [1.29, 1.82) is 0 Å². The molecule has 1 aromatic heterocycles. The van der Waals surface area contributed by atoms with E-state index < -0.39 is 0 Å². The van der Waals surface area contributed by atoms with Gasteiger partial charge in [-0.05, 0) is 23.1 Å². The Morgan fingerprint density at radius 2 is 1.81 bits per heavy atom. The lowest BCUT2D eigenvalue weighted by atomic mass is 10.1. The summed E-state index contributed by atoms with van der Waals surface area (Å²) in [5, 5.41) is 4.80. The van der Waals surface area contributed by atoms with Crippen molar-refractivity contribution in [2.45, 2.75) is 13.5 Å². The molecule has 2 amide bonds. The molecule has 0 aliphatic heterocycles. The number of benzene rings is 2. The molecule has 26 heavy (non-hydrogen) atoms. The number of para-hydroxylation sites is 1. The van der Waals surface area contributed by atoms with Crippen LogP contribution in [0.1, 0.15) is 23.0 Å². The van der Waals surface area contributed by atoms with Crippen LogP contribution in [0.2, 0.25) is 5.15 Å². The molecule has 3 rings (SSSR count). The maximum Gasteiger partial charge on any atom is 0.274 e.